The van der Waals surface area contributed by atoms with Crippen molar-refractivity contribution in [1.29, 1.82) is 0 Å². The molecule has 5 rings (SSSR count). The van der Waals surface area contributed by atoms with E-state index in [0.717, 1.165) is 17.4 Å². The summed E-state index contributed by atoms with van der Waals surface area (Å²) in [6.45, 7) is 0. The Morgan fingerprint density at radius 2 is 1.57 bits per heavy atom. The van der Waals surface area contributed by atoms with Crippen molar-refractivity contribution in [2.75, 3.05) is 0 Å². The number of hydrogen-bond donors (Lipinski definition) is 2. The lowest BCUT2D eigenvalue weighted by Crippen LogP contribution is -2.57. The highest BCUT2D eigenvalue weighted by Gasteiger charge is 2.48. The standard InChI is InChI=1S/C18H24N2O/c19-16(13-4-2-1-3-5-13)18(21)20-17-14-7-11-6-12(9-14)10-15(17)8-11/h1-5,11-12,14-17H,6-10,19H2,(H,20,21)/t11?,12?,14?,15?,16-,17?/m0/s1. The van der Waals surface area contributed by atoms with Gasteiger partial charge in [-0.15, -0.1) is 0 Å². The van der Waals surface area contributed by atoms with Gasteiger partial charge in [-0.1, -0.05) is 30.3 Å². The topological polar surface area (TPSA) is 55.1 Å². The summed E-state index contributed by atoms with van der Waals surface area (Å²) in [6.07, 6.45) is 6.71. The van der Waals surface area contributed by atoms with Gasteiger partial charge >= 0.3 is 0 Å². The fourth-order valence-corrected chi connectivity index (χ4v) is 5.23. The molecule has 4 aliphatic rings. The first kappa shape index (κ1) is 13.3. The Kier molecular flexibility index (Phi) is 3.26. The second kappa shape index (κ2) is 5.13. The fourth-order valence-electron chi connectivity index (χ4n) is 5.23. The summed E-state index contributed by atoms with van der Waals surface area (Å²) in [6, 6.07) is 9.52. The number of carbonyl (C=O) groups excluding carboxylic acids is 1. The predicted molar refractivity (Wildman–Crippen MR) is 82.3 cm³/mol. The molecule has 4 saturated carbocycles. The molecule has 1 aromatic rings. The maximum absolute atomic E-state index is 12.5. The summed E-state index contributed by atoms with van der Waals surface area (Å²) in [5.41, 5.74) is 7.03. The first-order valence-electron chi connectivity index (χ1n) is 8.31. The molecule has 1 amide bonds. The molecule has 3 heteroatoms. The highest BCUT2D eigenvalue weighted by Crippen LogP contribution is 2.53. The van der Waals surface area contributed by atoms with Gasteiger partial charge in [-0.2, -0.15) is 0 Å². The molecular formula is C18H24N2O. The highest BCUT2D eigenvalue weighted by molar-refractivity contribution is 5.83. The van der Waals surface area contributed by atoms with Crippen LogP contribution in [0.25, 0.3) is 0 Å². The molecule has 0 saturated heterocycles. The van der Waals surface area contributed by atoms with Crippen molar-refractivity contribution in [3.63, 3.8) is 0 Å². The van der Waals surface area contributed by atoms with Gasteiger partial charge in [0.25, 0.3) is 0 Å². The molecule has 3 nitrogen and oxygen atoms in total. The third-order valence-electron chi connectivity index (χ3n) is 5.98. The van der Waals surface area contributed by atoms with Gasteiger partial charge in [0.15, 0.2) is 0 Å². The second-order valence-corrected chi connectivity index (χ2v) is 7.35. The lowest BCUT2D eigenvalue weighted by atomic mass is 9.54. The number of nitrogens with one attached hydrogen (secondary N) is 1. The molecule has 0 spiro atoms. The largest absolute Gasteiger partial charge is 0.351 e. The van der Waals surface area contributed by atoms with E-state index in [4.69, 9.17) is 5.73 Å². The van der Waals surface area contributed by atoms with Gasteiger partial charge in [-0.05, 0) is 61.3 Å². The molecule has 3 N–H and O–H groups in total. The predicted octanol–water partition coefficient (Wildman–Crippen LogP) is 2.63. The van der Waals surface area contributed by atoms with E-state index >= 15 is 0 Å². The maximum atomic E-state index is 12.5. The molecule has 0 radical (unpaired) electrons. The monoisotopic (exact) mass is 284 g/mol. The quantitative estimate of drug-likeness (QED) is 0.896. The molecule has 0 heterocycles. The highest BCUT2D eigenvalue weighted by atomic mass is 16.2. The van der Waals surface area contributed by atoms with Gasteiger partial charge in [0, 0.05) is 6.04 Å². The van der Waals surface area contributed by atoms with Crippen LogP contribution in [0.5, 0.6) is 0 Å². The van der Waals surface area contributed by atoms with Crippen LogP contribution in [0, 0.1) is 23.7 Å². The van der Waals surface area contributed by atoms with E-state index in [1.807, 2.05) is 30.3 Å². The minimum Gasteiger partial charge on any atom is -0.351 e. The van der Waals surface area contributed by atoms with Crippen molar-refractivity contribution in [3.05, 3.63) is 35.9 Å². The molecule has 4 aliphatic carbocycles. The Balaban J connectivity index is 1.45. The molecule has 4 fully saturated rings. The first-order valence-corrected chi connectivity index (χ1v) is 8.31. The number of carbonyl (C=O) groups is 1. The fraction of sp³-hybridized carbons (Fsp3) is 0.611. The Morgan fingerprint density at radius 1 is 1.00 bits per heavy atom. The zero-order chi connectivity index (χ0) is 14.4. The van der Waals surface area contributed by atoms with E-state index in [0.29, 0.717) is 17.9 Å². The zero-order valence-electron chi connectivity index (χ0n) is 12.4. The van der Waals surface area contributed by atoms with Crippen molar-refractivity contribution in [3.8, 4) is 0 Å². The van der Waals surface area contributed by atoms with Crippen molar-refractivity contribution in [2.45, 2.75) is 44.2 Å². The lowest BCUT2D eigenvalue weighted by Gasteiger charge is -2.54. The number of nitrogens with two attached hydrogens (primary N) is 1. The van der Waals surface area contributed by atoms with Crippen LogP contribution in [0.1, 0.15) is 43.7 Å². The maximum Gasteiger partial charge on any atom is 0.241 e. The van der Waals surface area contributed by atoms with E-state index in [2.05, 4.69) is 5.32 Å². The molecule has 0 unspecified atom stereocenters. The van der Waals surface area contributed by atoms with Crippen LogP contribution >= 0.6 is 0 Å². The van der Waals surface area contributed by atoms with Gasteiger partial charge in [-0.25, -0.2) is 0 Å². The Morgan fingerprint density at radius 3 is 2.14 bits per heavy atom. The van der Waals surface area contributed by atoms with Crippen LogP contribution in [-0.4, -0.2) is 11.9 Å². The Labute approximate surface area is 126 Å². The molecule has 0 aliphatic heterocycles. The van der Waals surface area contributed by atoms with E-state index in [9.17, 15) is 4.79 Å². The van der Waals surface area contributed by atoms with Gasteiger partial charge < -0.3 is 11.1 Å². The summed E-state index contributed by atoms with van der Waals surface area (Å²) in [4.78, 5) is 12.5. The first-order chi connectivity index (χ1) is 10.2. The zero-order valence-corrected chi connectivity index (χ0v) is 12.4. The van der Waals surface area contributed by atoms with E-state index in [1.165, 1.54) is 32.1 Å². The Hall–Kier alpha value is -1.35. The molecule has 1 atom stereocenters. The van der Waals surface area contributed by atoms with E-state index in [1.54, 1.807) is 0 Å². The molecule has 1 aromatic carbocycles. The summed E-state index contributed by atoms with van der Waals surface area (Å²) in [5.74, 6) is 3.27. The van der Waals surface area contributed by atoms with Crippen molar-refractivity contribution < 1.29 is 4.79 Å². The third-order valence-corrected chi connectivity index (χ3v) is 5.98. The van der Waals surface area contributed by atoms with Gasteiger partial charge in [0.1, 0.15) is 6.04 Å². The van der Waals surface area contributed by atoms with Crippen molar-refractivity contribution in [2.24, 2.45) is 29.4 Å². The third kappa shape index (κ3) is 2.38. The van der Waals surface area contributed by atoms with Crippen LogP contribution in [0.4, 0.5) is 0 Å². The Bertz CT molecular complexity index is 499. The molecular weight excluding hydrogens is 260 g/mol. The van der Waals surface area contributed by atoms with Gasteiger partial charge in [0.05, 0.1) is 0 Å². The normalized spacial score (nSPS) is 38.2. The minimum atomic E-state index is -0.539. The number of hydrogen-bond acceptors (Lipinski definition) is 2. The van der Waals surface area contributed by atoms with Crippen LogP contribution in [-0.2, 0) is 4.79 Å². The van der Waals surface area contributed by atoms with Crippen molar-refractivity contribution in [1.82, 2.24) is 5.32 Å². The van der Waals surface area contributed by atoms with Gasteiger partial charge in [-0.3, -0.25) is 4.79 Å². The average Bonchev–Trinajstić information content (AvgIpc) is 2.50. The smallest absolute Gasteiger partial charge is 0.241 e. The summed E-state index contributed by atoms with van der Waals surface area (Å²) in [7, 11) is 0. The molecule has 4 bridgehead atoms. The molecule has 0 aromatic heterocycles. The number of benzene rings is 1. The molecule has 112 valence electrons. The van der Waals surface area contributed by atoms with E-state index < -0.39 is 6.04 Å². The number of rotatable bonds is 3. The van der Waals surface area contributed by atoms with Crippen LogP contribution < -0.4 is 11.1 Å². The van der Waals surface area contributed by atoms with E-state index in [-0.39, 0.29) is 5.91 Å². The van der Waals surface area contributed by atoms with Crippen molar-refractivity contribution >= 4 is 5.91 Å². The minimum absolute atomic E-state index is 0.00123. The van der Waals surface area contributed by atoms with Crippen LogP contribution in [0.3, 0.4) is 0 Å². The van der Waals surface area contributed by atoms with Gasteiger partial charge in [0.2, 0.25) is 5.91 Å². The summed E-state index contributed by atoms with van der Waals surface area (Å²) >= 11 is 0. The SMILES string of the molecule is N[C@H](C(=O)NC1C2CC3CC(C2)CC1C3)c1ccccc1. The average molecular weight is 284 g/mol. The van der Waals surface area contributed by atoms with Crippen LogP contribution in [0.2, 0.25) is 0 Å². The summed E-state index contributed by atoms with van der Waals surface area (Å²) in [5, 5.41) is 3.30. The summed E-state index contributed by atoms with van der Waals surface area (Å²) < 4.78 is 0. The molecule has 21 heavy (non-hydrogen) atoms. The second-order valence-electron chi connectivity index (χ2n) is 7.35. The lowest BCUT2D eigenvalue weighted by molar-refractivity contribution is -0.126. The number of amides is 1. The van der Waals surface area contributed by atoms with Crippen LogP contribution in [0.15, 0.2) is 30.3 Å².